The minimum Gasteiger partial charge on any atom is -0.404 e. The number of halogens is 4. The molecule has 1 aliphatic rings. The molecular weight excluding hydrogens is 609 g/mol. The van der Waals surface area contributed by atoms with Crippen LogP contribution in [0, 0.1) is 17.2 Å². The minimum absolute atomic E-state index is 0.0187. The SMILES string of the molecule is C=CC(Cn1c(CC(F)(F)F)cnc1C(CC/C=C(\C)Cl)NC(=O)N(CC)CCC(C)C1=CC(C)=NNCC1=O)/C(C=N)=C/N. The van der Waals surface area contributed by atoms with Crippen molar-refractivity contribution in [2.24, 2.45) is 22.7 Å². The molecule has 5 N–H and O–H groups in total. The molecule has 1 aromatic rings. The van der Waals surface area contributed by atoms with Crippen LogP contribution in [0.15, 0.2) is 58.5 Å². The number of hydrogen-bond donors (Lipinski definition) is 4. The van der Waals surface area contributed by atoms with Crippen LogP contribution in [-0.4, -0.2) is 64.0 Å². The molecule has 1 aromatic heterocycles. The second-order valence-electron chi connectivity index (χ2n) is 10.9. The Kier molecular flexibility index (Phi) is 14.6. The average Bonchev–Trinajstić information content (AvgIpc) is 3.25. The molecule has 2 heterocycles. The van der Waals surface area contributed by atoms with Crippen LogP contribution in [0.5, 0.6) is 0 Å². The first-order valence-corrected chi connectivity index (χ1v) is 15.2. The normalized spacial score (nSPS) is 16.5. The number of carbonyl (C=O) groups excluding carboxylic acids is 2. The molecule has 3 atom stereocenters. The number of hydrazone groups is 1. The van der Waals surface area contributed by atoms with Crippen LogP contribution in [0.1, 0.15) is 64.5 Å². The Hall–Kier alpha value is -3.87. The molecule has 2 amide bonds. The molecule has 3 unspecified atom stereocenters. The van der Waals surface area contributed by atoms with Gasteiger partial charge in [0.25, 0.3) is 0 Å². The highest BCUT2D eigenvalue weighted by Crippen LogP contribution is 2.28. The van der Waals surface area contributed by atoms with Crippen LogP contribution >= 0.6 is 11.6 Å². The summed E-state index contributed by atoms with van der Waals surface area (Å²) in [5.74, 6) is -0.548. The highest BCUT2D eigenvalue weighted by molar-refractivity contribution is 6.29. The Morgan fingerprint density at radius 2 is 2.09 bits per heavy atom. The van der Waals surface area contributed by atoms with E-state index in [1.807, 2.05) is 13.8 Å². The van der Waals surface area contributed by atoms with E-state index < -0.39 is 30.6 Å². The monoisotopic (exact) mass is 652 g/mol. The first-order chi connectivity index (χ1) is 21.2. The number of alkyl halides is 3. The lowest BCUT2D eigenvalue weighted by Crippen LogP contribution is -2.43. The van der Waals surface area contributed by atoms with Gasteiger partial charge in [-0.15, -0.1) is 6.58 Å². The maximum absolute atomic E-state index is 13.6. The molecule has 0 radical (unpaired) electrons. The average molecular weight is 653 g/mol. The number of aromatic nitrogens is 2. The zero-order valence-electron chi connectivity index (χ0n) is 26.3. The standard InChI is InChI=1S/C31H44ClF3N8O2/c1-6-23(24(15-36)16-37)19-43-25(14-31(33,34)35)17-38-29(43)27(10-8-9-21(4)32)40-30(45)42(7-2)12-11-20(3)26-13-22(5)41-39-18-28(26)44/h6,9,13,15-17,20,23,27,36,39H,1,7-8,10-12,14,18-19,37H2,2-5H3,(H,40,45)/b21-9+,24-16+,36-15?. The van der Waals surface area contributed by atoms with Crippen molar-refractivity contribution in [3.05, 3.63) is 64.9 Å². The topological polar surface area (TPSA) is 141 Å². The largest absolute Gasteiger partial charge is 0.404 e. The van der Waals surface area contributed by atoms with Gasteiger partial charge in [0.2, 0.25) is 0 Å². The van der Waals surface area contributed by atoms with Gasteiger partial charge in [-0.1, -0.05) is 30.7 Å². The summed E-state index contributed by atoms with van der Waals surface area (Å²) in [5, 5.41) is 15.3. The summed E-state index contributed by atoms with van der Waals surface area (Å²) in [6.45, 7) is 11.8. The number of nitrogens with zero attached hydrogens (tertiary/aromatic N) is 4. The van der Waals surface area contributed by atoms with E-state index in [1.165, 1.54) is 16.8 Å². The van der Waals surface area contributed by atoms with E-state index in [0.717, 1.165) is 12.4 Å². The van der Waals surface area contributed by atoms with Crippen LogP contribution in [0.2, 0.25) is 0 Å². The molecule has 0 aromatic carbocycles. The quantitative estimate of drug-likeness (QED) is 0.132. The Balaban J connectivity index is 2.40. The van der Waals surface area contributed by atoms with Gasteiger partial charge in [0, 0.05) is 54.3 Å². The molecule has 0 spiro atoms. The third kappa shape index (κ3) is 11.5. The molecule has 0 fully saturated rings. The molecule has 10 nitrogen and oxygen atoms in total. The maximum Gasteiger partial charge on any atom is 0.394 e. The molecular formula is C31H44ClF3N8O2. The number of Topliss-reactive ketones (excluding diaryl/α,β-unsaturated/α-hetero) is 1. The first-order valence-electron chi connectivity index (χ1n) is 14.8. The summed E-state index contributed by atoms with van der Waals surface area (Å²) in [4.78, 5) is 32.2. The van der Waals surface area contributed by atoms with Gasteiger partial charge in [0.05, 0.1) is 24.7 Å². The predicted octanol–water partition coefficient (Wildman–Crippen LogP) is 5.78. The molecule has 0 saturated heterocycles. The number of amides is 2. The van der Waals surface area contributed by atoms with Gasteiger partial charge < -0.3 is 31.4 Å². The third-order valence-electron chi connectivity index (χ3n) is 7.51. The van der Waals surface area contributed by atoms with Crippen molar-refractivity contribution in [2.45, 2.75) is 72.1 Å². The van der Waals surface area contributed by atoms with Crippen LogP contribution in [0.4, 0.5) is 18.0 Å². The van der Waals surface area contributed by atoms with Gasteiger partial charge in [-0.05, 0) is 63.8 Å². The van der Waals surface area contributed by atoms with Gasteiger partial charge in [-0.25, -0.2) is 9.78 Å². The lowest BCUT2D eigenvalue weighted by molar-refractivity contribution is -0.128. The van der Waals surface area contributed by atoms with Crippen molar-refractivity contribution in [1.82, 2.24) is 25.2 Å². The number of allylic oxidation sites excluding steroid dienone is 5. The van der Waals surface area contributed by atoms with Crippen molar-refractivity contribution in [3.63, 3.8) is 0 Å². The van der Waals surface area contributed by atoms with E-state index in [9.17, 15) is 22.8 Å². The summed E-state index contributed by atoms with van der Waals surface area (Å²) in [6, 6.07) is -1.19. The van der Waals surface area contributed by atoms with Crippen LogP contribution in [0.3, 0.4) is 0 Å². The zero-order chi connectivity index (χ0) is 33.7. The van der Waals surface area contributed by atoms with Crippen molar-refractivity contribution in [2.75, 3.05) is 19.6 Å². The highest BCUT2D eigenvalue weighted by Gasteiger charge is 2.32. The van der Waals surface area contributed by atoms with Gasteiger partial charge in [0.15, 0.2) is 5.78 Å². The molecule has 14 heteroatoms. The van der Waals surface area contributed by atoms with Gasteiger partial charge in [-0.3, -0.25) is 4.79 Å². The van der Waals surface area contributed by atoms with E-state index in [4.69, 9.17) is 22.7 Å². The molecule has 45 heavy (non-hydrogen) atoms. The number of nitrogens with two attached hydrogens (primary N) is 1. The fraction of sp³-hybridized carbons (Fsp3) is 0.516. The Morgan fingerprint density at radius 1 is 1.38 bits per heavy atom. The zero-order valence-corrected chi connectivity index (χ0v) is 27.0. The number of rotatable bonds is 16. The van der Waals surface area contributed by atoms with E-state index in [-0.39, 0.29) is 36.3 Å². The number of imidazole rings is 1. The second kappa shape index (κ2) is 17.6. The van der Waals surface area contributed by atoms with E-state index in [2.05, 4.69) is 27.4 Å². The molecule has 0 bridgehead atoms. The molecule has 1 aliphatic heterocycles. The van der Waals surface area contributed by atoms with Crippen molar-refractivity contribution in [1.29, 1.82) is 5.41 Å². The Bertz CT molecular complexity index is 1330. The molecule has 0 aliphatic carbocycles. The molecule has 248 valence electrons. The van der Waals surface area contributed by atoms with Crippen molar-refractivity contribution >= 4 is 35.3 Å². The van der Waals surface area contributed by atoms with E-state index >= 15 is 0 Å². The summed E-state index contributed by atoms with van der Waals surface area (Å²) < 4.78 is 42.2. The third-order valence-corrected chi connectivity index (χ3v) is 7.66. The smallest absolute Gasteiger partial charge is 0.394 e. The Morgan fingerprint density at radius 3 is 2.67 bits per heavy atom. The van der Waals surface area contributed by atoms with Crippen LogP contribution in [-0.2, 0) is 17.8 Å². The molecule has 0 saturated carbocycles. The number of nitrogens with one attached hydrogen (secondary N) is 3. The Labute approximate surface area is 267 Å². The lowest BCUT2D eigenvalue weighted by atomic mass is 9.93. The number of urea groups is 1. The minimum atomic E-state index is -4.51. The van der Waals surface area contributed by atoms with Crippen LogP contribution < -0.4 is 16.5 Å². The number of hydrogen-bond acceptors (Lipinski definition) is 7. The van der Waals surface area contributed by atoms with Crippen LogP contribution in [0.25, 0.3) is 0 Å². The molecule has 2 rings (SSSR count). The highest BCUT2D eigenvalue weighted by atomic mass is 35.5. The number of carbonyl (C=O) groups is 2. The van der Waals surface area contributed by atoms with Gasteiger partial charge >= 0.3 is 12.2 Å². The van der Waals surface area contributed by atoms with Gasteiger partial charge in [0.1, 0.15) is 5.82 Å². The predicted molar refractivity (Wildman–Crippen MR) is 172 cm³/mol. The van der Waals surface area contributed by atoms with Crippen molar-refractivity contribution < 1.29 is 22.8 Å². The maximum atomic E-state index is 13.6. The summed E-state index contributed by atoms with van der Waals surface area (Å²) >= 11 is 6.04. The lowest BCUT2D eigenvalue weighted by Gasteiger charge is -2.28. The van der Waals surface area contributed by atoms with E-state index in [0.29, 0.717) is 54.2 Å². The second-order valence-corrected chi connectivity index (χ2v) is 11.5. The van der Waals surface area contributed by atoms with Gasteiger partial charge in [-0.2, -0.15) is 18.3 Å². The first kappa shape index (κ1) is 37.3. The fourth-order valence-corrected chi connectivity index (χ4v) is 5.12. The van der Waals surface area contributed by atoms with Crippen molar-refractivity contribution in [3.8, 4) is 0 Å². The number of ketones is 1. The summed E-state index contributed by atoms with van der Waals surface area (Å²) in [7, 11) is 0. The van der Waals surface area contributed by atoms with E-state index in [1.54, 1.807) is 30.9 Å². The summed E-state index contributed by atoms with van der Waals surface area (Å²) in [6.07, 6.45) is 3.95. The summed E-state index contributed by atoms with van der Waals surface area (Å²) in [5.41, 5.74) is 10.0. The fourth-order valence-electron chi connectivity index (χ4n) is 5.01.